The molecule has 0 aromatic carbocycles. The topological polar surface area (TPSA) is 15.3 Å². The van der Waals surface area contributed by atoms with Gasteiger partial charge in [0.15, 0.2) is 0 Å². The molecule has 2 aliphatic rings. The predicted octanol–water partition coefficient (Wildman–Crippen LogP) is 2.35. The van der Waals surface area contributed by atoms with Crippen molar-refractivity contribution in [2.75, 3.05) is 31.1 Å². The maximum Gasteiger partial charge on any atom is 0.0335 e. The molecule has 1 N–H and O–H groups in total. The molecule has 0 bridgehead atoms. The summed E-state index contributed by atoms with van der Waals surface area (Å²) in [5, 5.41) is 3.69. The molecule has 1 aliphatic carbocycles. The van der Waals surface area contributed by atoms with E-state index < -0.39 is 0 Å². The van der Waals surface area contributed by atoms with Gasteiger partial charge >= 0.3 is 0 Å². The molecule has 0 aromatic rings. The first-order chi connectivity index (χ1) is 7.77. The number of nitrogens with zero attached hydrogens (tertiary/aromatic N) is 1. The maximum atomic E-state index is 3.69. The lowest BCUT2D eigenvalue weighted by Gasteiger charge is -2.47. The van der Waals surface area contributed by atoms with Crippen LogP contribution < -0.4 is 5.32 Å². The Morgan fingerprint density at radius 3 is 2.81 bits per heavy atom. The van der Waals surface area contributed by atoms with Gasteiger partial charge in [-0.05, 0) is 25.5 Å². The minimum Gasteiger partial charge on any atom is -0.311 e. The highest BCUT2D eigenvalue weighted by Gasteiger charge is 2.42. The van der Waals surface area contributed by atoms with Crippen LogP contribution in [0.15, 0.2) is 0 Å². The van der Waals surface area contributed by atoms with Crippen molar-refractivity contribution in [3.8, 4) is 0 Å². The Bertz CT molecular complexity index is 214. The molecular weight excluding hydrogens is 216 g/mol. The monoisotopic (exact) mass is 242 g/mol. The molecule has 0 radical (unpaired) electrons. The third-order valence-corrected chi connectivity index (χ3v) is 5.07. The molecule has 1 aliphatic heterocycles. The van der Waals surface area contributed by atoms with Gasteiger partial charge in [-0.25, -0.2) is 0 Å². The molecular formula is C13H26N2S. The second-order valence-electron chi connectivity index (χ2n) is 5.36. The smallest absolute Gasteiger partial charge is 0.0335 e. The Kier molecular flexibility index (Phi) is 4.57. The van der Waals surface area contributed by atoms with Crippen LogP contribution in [0.5, 0.6) is 0 Å². The number of thioether (sulfide) groups is 1. The average Bonchev–Trinajstić information content (AvgIpc) is 2.74. The minimum atomic E-state index is 0.529. The van der Waals surface area contributed by atoms with Crippen LogP contribution in [0.4, 0.5) is 0 Å². The summed E-state index contributed by atoms with van der Waals surface area (Å²) in [5.41, 5.74) is 0.529. The van der Waals surface area contributed by atoms with Crippen LogP contribution in [0.3, 0.4) is 0 Å². The number of hydrogen-bond donors (Lipinski definition) is 1. The summed E-state index contributed by atoms with van der Waals surface area (Å²) < 4.78 is 0. The van der Waals surface area contributed by atoms with Crippen molar-refractivity contribution in [1.82, 2.24) is 10.2 Å². The Morgan fingerprint density at radius 1 is 1.38 bits per heavy atom. The SMILES string of the molecule is CCSCCN1CC(C)NCC12CCCC2. The van der Waals surface area contributed by atoms with Crippen molar-refractivity contribution >= 4 is 11.8 Å². The maximum absolute atomic E-state index is 3.69. The third kappa shape index (κ3) is 2.74. The van der Waals surface area contributed by atoms with Gasteiger partial charge in [-0.2, -0.15) is 11.8 Å². The molecule has 94 valence electrons. The van der Waals surface area contributed by atoms with Crippen LogP contribution in [0, 0.1) is 0 Å². The molecule has 1 unspecified atom stereocenters. The fourth-order valence-corrected chi connectivity index (χ4v) is 3.88. The van der Waals surface area contributed by atoms with Crippen LogP contribution in [0.2, 0.25) is 0 Å². The summed E-state index contributed by atoms with van der Waals surface area (Å²) >= 11 is 2.08. The lowest BCUT2D eigenvalue weighted by molar-refractivity contribution is 0.0530. The normalized spacial score (nSPS) is 30.0. The van der Waals surface area contributed by atoms with Crippen LogP contribution in [-0.4, -0.2) is 47.6 Å². The van der Waals surface area contributed by atoms with Crippen LogP contribution in [0.25, 0.3) is 0 Å². The molecule has 1 saturated heterocycles. The zero-order valence-corrected chi connectivity index (χ0v) is 11.6. The van der Waals surface area contributed by atoms with Crippen molar-refractivity contribution in [2.45, 2.75) is 51.1 Å². The number of hydrogen-bond acceptors (Lipinski definition) is 3. The molecule has 1 heterocycles. The molecule has 0 aromatic heterocycles. The molecule has 16 heavy (non-hydrogen) atoms. The highest BCUT2D eigenvalue weighted by Crippen LogP contribution is 2.36. The number of nitrogens with one attached hydrogen (secondary N) is 1. The van der Waals surface area contributed by atoms with Crippen molar-refractivity contribution < 1.29 is 0 Å². The van der Waals surface area contributed by atoms with Gasteiger partial charge in [-0.15, -0.1) is 0 Å². The van der Waals surface area contributed by atoms with Gasteiger partial charge in [-0.1, -0.05) is 19.8 Å². The van der Waals surface area contributed by atoms with Crippen molar-refractivity contribution in [1.29, 1.82) is 0 Å². The summed E-state index contributed by atoms with van der Waals surface area (Å²) in [4.78, 5) is 2.80. The Labute approximate surface area is 105 Å². The quantitative estimate of drug-likeness (QED) is 0.762. The zero-order chi connectivity index (χ0) is 11.4. The Balaban J connectivity index is 1.92. The molecule has 2 nitrogen and oxygen atoms in total. The summed E-state index contributed by atoms with van der Waals surface area (Å²) in [5.74, 6) is 2.57. The van der Waals surface area contributed by atoms with E-state index in [0.717, 1.165) is 0 Å². The summed E-state index contributed by atoms with van der Waals surface area (Å²) in [6, 6.07) is 0.679. The van der Waals surface area contributed by atoms with Gasteiger partial charge in [-0.3, -0.25) is 4.90 Å². The summed E-state index contributed by atoms with van der Waals surface area (Å²) in [6.07, 6.45) is 5.72. The summed E-state index contributed by atoms with van der Waals surface area (Å²) in [7, 11) is 0. The molecule has 0 amide bonds. The van der Waals surface area contributed by atoms with Gasteiger partial charge in [0.2, 0.25) is 0 Å². The van der Waals surface area contributed by atoms with Crippen molar-refractivity contribution in [3.05, 3.63) is 0 Å². The predicted molar refractivity (Wildman–Crippen MR) is 73.2 cm³/mol. The fourth-order valence-electron chi connectivity index (χ4n) is 3.24. The molecule has 1 saturated carbocycles. The Hall–Kier alpha value is 0.270. The van der Waals surface area contributed by atoms with E-state index in [2.05, 4.69) is 35.8 Å². The van der Waals surface area contributed by atoms with E-state index in [4.69, 9.17) is 0 Å². The van der Waals surface area contributed by atoms with Crippen LogP contribution in [-0.2, 0) is 0 Å². The highest BCUT2D eigenvalue weighted by molar-refractivity contribution is 7.99. The van der Waals surface area contributed by atoms with E-state index in [0.29, 0.717) is 11.6 Å². The molecule has 1 spiro atoms. The van der Waals surface area contributed by atoms with Crippen LogP contribution in [0.1, 0.15) is 39.5 Å². The number of piperazine rings is 1. The molecule has 2 rings (SSSR count). The second kappa shape index (κ2) is 5.74. The van der Waals surface area contributed by atoms with E-state index >= 15 is 0 Å². The first kappa shape index (κ1) is 12.7. The van der Waals surface area contributed by atoms with Gasteiger partial charge in [0.1, 0.15) is 0 Å². The second-order valence-corrected chi connectivity index (χ2v) is 6.75. The fraction of sp³-hybridized carbons (Fsp3) is 1.00. The summed E-state index contributed by atoms with van der Waals surface area (Å²) in [6.45, 7) is 8.36. The van der Waals surface area contributed by atoms with Gasteiger partial charge < -0.3 is 5.32 Å². The van der Waals surface area contributed by atoms with Gasteiger partial charge in [0.05, 0.1) is 0 Å². The lowest BCUT2D eigenvalue weighted by atomic mass is 9.91. The molecule has 2 fully saturated rings. The van der Waals surface area contributed by atoms with E-state index in [-0.39, 0.29) is 0 Å². The highest BCUT2D eigenvalue weighted by atomic mass is 32.2. The first-order valence-electron chi connectivity index (χ1n) is 6.83. The minimum absolute atomic E-state index is 0.529. The van der Waals surface area contributed by atoms with E-state index in [1.165, 1.54) is 56.8 Å². The largest absolute Gasteiger partial charge is 0.311 e. The van der Waals surface area contributed by atoms with E-state index in [1.54, 1.807) is 0 Å². The lowest BCUT2D eigenvalue weighted by Crippen LogP contribution is -2.63. The zero-order valence-electron chi connectivity index (χ0n) is 10.8. The Morgan fingerprint density at radius 2 is 2.12 bits per heavy atom. The first-order valence-corrected chi connectivity index (χ1v) is 7.98. The van der Waals surface area contributed by atoms with Gasteiger partial charge in [0, 0.05) is 37.0 Å². The third-order valence-electron chi connectivity index (χ3n) is 4.19. The number of rotatable bonds is 4. The van der Waals surface area contributed by atoms with Gasteiger partial charge in [0.25, 0.3) is 0 Å². The van der Waals surface area contributed by atoms with Crippen LogP contribution >= 0.6 is 11.8 Å². The average molecular weight is 242 g/mol. The van der Waals surface area contributed by atoms with E-state index in [9.17, 15) is 0 Å². The van der Waals surface area contributed by atoms with Crippen molar-refractivity contribution in [3.63, 3.8) is 0 Å². The molecule has 1 atom stereocenters. The molecule has 3 heteroatoms. The van der Waals surface area contributed by atoms with E-state index in [1.807, 2.05) is 0 Å². The van der Waals surface area contributed by atoms with Crippen molar-refractivity contribution in [2.24, 2.45) is 0 Å². The standard InChI is InChI=1S/C13H26N2S/c1-3-16-9-8-15-10-12(2)14-11-13(15)6-4-5-7-13/h12,14H,3-11H2,1-2H3.